The Bertz CT molecular complexity index is 543. The molecule has 6 heteroatoms. The van der Waals surface area contributed by atoms with Crippen molar-refractivity contribution in [3.8, 4) is 12.1 Å². The van der Waals surface area contributed by atoms with Crippen LogP contribution >= 0.6 is 0 Å². The van der Waals surface area contributed by atoms with Gasteiger partial charge in [0.2, 0.25) is 0 Å². The zero-order valence-corrected chi connectivity index (χ0v) is 9.34. The van der Waals surface area contributed by atoms with E-state index in [2.05, 4.69) is 5.32 Å². The van der Waals surface area contributed by atoms with E-state index in [4.69, 9.17) is 10.5 Å². The zero-order chi connectivity index (χ0) is 13.8. The van der Waals surface area contributed by atoms with Gasteiger partial charge in [0, 0.05) is 11.9 Å². The minimum Gasteiger partial charge on any atom is -0.360 e. The highest BCUT2D eigenvalue weighted by molar-refractivity contribution is 5.53. The summed E-state index contributed by atoms with van der Waals surface area (Å²) in [4.78, 5) is 0. The van der Waals surface area contributed by atoms with Crippen molar-refractivity contribution >= 4 is 5.69 Å². The molecule has 1 rings (SSSR count). The number of benzene rings is 1. The molecule has 1 aromatic rings. The third-order valence-corrected chi connectivity index (χ3v) is 2.17. The van der Waals surface area contributed by atoms with Crippen LogP contribution in [0.25, 0.3) is 0 Å². The molecule has 0 atom stereocenters. The average molecular weight is 251 g/mol. The molecule has 92 valence electrons. The van der Waals surface area contributed by atoms with Crippen LogP contribution in [0.4, 0.5) is 18.9 Å². The second kappa shape index (κ2) is 5.24. The maximum atomic E-state index is 12.6. The fourth-order valence-electron chi connectivity index (χ4n) is 1.26. The van der Waals surface area contributed by atoms with Crippen molar-refractivity contribution in [3.05, 3.63) is 41.1 Å². The number of rotatable bonds is 2. The number of nitrogens with one attached hydrogen (secondary N) is 1. The Labute approximate surface area is 102 Å². The van der Waals surface area contributed by atoms with Crippen LogP contribution in [0, 0.1) is 29.6 Å². The molecule has 0 aliphatic rings. The standard InChI is InChI=1S/C12H8F3N3/c1-8-2-3-10(4-11(8)12(13,14)15)18-7-9(5-16)6-17/h2-4,7,18H,1H3. The predicted octanol–water partition coefficient (Wildman–Crippen LogP) is 3.36. The quantitative estimate of drug-likeness (QED) is 0.820. The highest BCUT2D eigenvalue weighted by atomic mass is 19.4. The first-order chi connectivity index (χ1) is 8.38. The van der Waals surface area contributed by atoms with Crippen LogP contribution < -0.4 is 5.32 Å². The van der Waals surface area contributed by atoms with Gasteiger partial charge < -0.3 is 5.32 Å². The predicted molar refractivity (Wildman–Crippen MR) is 59.1 cm³/mol. The van der Waals surface area contributed by atoms with Gasteiger partial charge in [0.25, 0.3) is 0 Å². The van der Waals surface area contributed by atoms with Crippen molar-refractivity contribution in [1.82, 2.24) is 0 Å². The highest BCUT2D eigenvalue weighted by Crippen LogP contribution is 2.33. The highest BCUT2D eigenvalue weighted by Gasteiger charge is 2.32. The molecule has 0 aliphatic heterocycles. The zero-order valence-electron chi connectivity index (χ0n) is 9.34. The molecule has 0 amide bonds. The molecule has 3 nitrogen and oxygen atoms in total. The van der Waals surface area contributed by atoms with E-state index in [9.17, 15) is 13.2 Å². The Balaban J connectivity index is 3.05. The number of hydrogen-bond donors (Lipinski definition) is 1. The molecule has 0 aromatic heterocycles. The van der Waals surface area contributed by atoms with Crippen LogP contribution in [0.5, 0.6) is 0 Å². The molecule has 1 N–H and O–H groups in total. The first kappa shape index (κ1) is 13.6. The van der Waals surface area contributed by atoms with E-state index in [0.717, 1.165) is 12.3 Å². The number of alkyl halides is 3. The van der Waals surface area contributed by atoms with E-state index in [1.807, 2.05) is 0 Å². The lowest BCUT2D eigenvalue weighted by Crippen LogP contribution is -2.08. The summed E-state index contributed by atoms with van der Waals surface area (Å²) in [6, 6.07) is 6.87. The summed E-state index contributed by atoms with van der Waals surface area (Å²) in [5, 5.41) is 19.4. The van der Waals surface area contributed by atoms with E-state index < -0.39 is 11.7 Å². The van der Waals surface area contributed by atoms with Crippen LogP contribution in [0.1, 0.15) is 11.1 Å². The second-order valence-electron chi connectivity index (χ2n) is 3.45. The van der Waals surface area contributed by atoms with E-state index >= 15 is 0 Å². The number of hydrogen-bond acceptors (Lipinski definition) is 3. The van der Waals surface area contributed by atoms with Crippen LogP contribution in [-0.4, -0.2) is 0 Å². The van der Waals surface area contributed by atoms with Crippen LogP contribution in [0.2, 0.25) is 0 Å². The van der Waals surface area contributed by atoms with Gasteiger partial charge in [-0.3, -0.25) is 0 Å². The molecule has 0 bridgehead atoms. The topological polar surface area (TPSA) is 59.6 Å². The van der Waals surface area contributed by atoms with Gasteiger partial charge in [0.15, 0.2) is 0 Å². The molecule has 0 unspecified atom stereocenters. The lowest BCUT2D eigenvalue weighted by molar-refractivity contribution is -0.138. The van der Waals surface area contributed by atoms with Crippen molar-refractivity contribution in [2.24, 2.45) is 0 Å². The maximum Gasteiger partial charge on any atom is 0.416 e. The summed E-state index contributed by atoms with van der Waals surface area (Å²) in [6.45, 7) is 1.36. The average Bonchev–Trinajstić information content (AvgIpc) is 2.31. The van der Waals surface area contributed by atoms with E-state index in [0.29, 0.717) is 0 Å². The Hall–Kier alpha value is -2.47. The van der Waals surface area contributed by atoms with Crippen molar-refractivity contribution in [2.75, 3.05) is 5.32 Å². The van der Waals surface area contributed by atoms with Crippen molar-refractivity contribution in [1.29, 1.82) is 10.5 Å². The van der Waals surface area contributed by atoms with E-state index in [-0.39, 0.29) is 16.8 Å². The summed E-state index contributed by atoms with van der Waals surface area (Å²) in [6.07, 6.45) is -3.37. The molecule has 0 saturated carbocycles. The Morgan fingerprint density at radius 2 is 1.89 bits per heavy atom. The molecular weight excluding hydrogens is 243 g/mol. The molecule has 0 aliphatic carbocycles. The van der Waals surface area contributed by atoms with Crippen molar-refractivity contribution in [2.45, 2.75) is 13.1 Å². The number of nitriles is 2. The molecular formula is C12H8F3N3. The summed E-state index contributed by atoms with van der Waals surface area (Å²) in [5.74, 6) is 0. The Morgan fingerprint density at radius 1 is 1.28 bits per heavy atom. The third-order valence-electron chi connectivity index (χ3n) is 2.17. The smallest absolute Gasteiger partial charge is 0.360 e. The maximum absolute atomic E-state index is 12.6. The Kier molecular flexibility index (Phi) is 3.96. The molecule has 0 spiro atoms. The SMILES string of the molecule is Cc1ccc(NC=C(C#N)C#N)cc1C(F)(F)F. The van der Waals surface area contributed by atoms with Gasteiger partial charge in [-0.25, -0.2) is 0 Å². The lowest BCUT2D eigenvalue weighted by Gasteiger charge is -2.11. The molecule has 0 heterocycles. The summed E-state index contributed by atoms with van der Waals surface area (Å²) in [7, 11) is 0. The summed E-state index contributed by atoms with van der Waals surface area (Å²) in [5.41, 5.74) is -0.700. The first-order valence-corrected chi connectivity index (χ1v) is 4.83. The minimum atomic E-state index is -4.43. The largest absolute Gasteiger partial charge is 0.416 e. The van der Waals surface area contributed by atoms with E-state index in [1.165, 1.54) is 19.1 Å². The molecule has 18 heavy (non-hydrogen) atoms. The van der Waals surface area contributed by atoms with Gasteiger partial charge in [-0.2, -0.15) is 23.7 Å². The first-order valence-electron chi connectivity index (χ1n) is 4.83. The van der Waals surface area contributed by atoms with Gasteiger partial charge in [-0.15, -0.1) is 0 Å². The molecule has 1 aromatic carbocycles. The van der Waals surface area contributed by atoms with Crippen LogP contribution in [0.15, 0.2) is 30.0 Å². The number of aryl methyl sites for hydroxylation is 1. The monoisotopic (exact) mass is 251 g/mol. The van der Waals surface area contributed by atoms with Gasteiger partial charge in [-0.1, -0.05) is 6.07 Å². The lowest BCUT2D eigenvalue weighted by atomic mass is 10.1. The molecule has 0 saturated heterocycles. The normalized spacial score (nSPS) is 10.1. The molecule has 0 radical (unpaired) electrons. The van der Waals surface area contributed by atoms with E-state index in [1.54, 1.807) is 12.1 Å². The number of allylic oxidation sites excluding steroid dienone is 1. The van der Waals surface area contributed by atoms with Gasteiger partial charge in [0.05, 0.1) is 5.56 Å². The van der Waals surface area contributed by atoms with Crippen LogP contribution in [0.3, 0.4) is 0 Å². The van der Waals surface area contributed by atoms with Crippen LogP contribution in [-0.2, 0) is 6.18 Å². The Morgan fingerprint density at radius 3 is 2.39 bits per heavy atom. The summed E-state index contributed by atoms with van der Waals surface area (Å²) < 4.78 is 37.8. The number of halogens is 3. The van der Waals surface area contributed by atoms with Gasteiger partial charge in [0.1, 0.15) is 17.7 Å². The van der Waals surface area contributed by atoms with Crippen molar-refractivity contribution < 1.29 is 13.2 Å². The number of nitrogens with zero attached hydrogens (tertiary/aromatic N) is 2. The second-order valence-corrected chi connectivity index (χ2v) is 3.45. The van der Waals surface area contributed by atoms with Crippen molar-refractivity contribution in [3.63, 3.8) is 0 Å². The number of anilines is 1. The van der Waals surface area contributed by atoms with Gasteiger partial charge in [-0.05, 0) is 24.6 Å². The summed E-state index contributed by atoms with van der Waals surface area (Å²) >= 11 is 0. The molecule has 0 fully saturated rings. The fourth-order valence-corrected chi connectivity index (χ4v) is 1.26. The minimum absolute atomic E-state index is 0.109. The van der Waals surface area contributed by atoms with Gasteiger partial charge >= 0.3 is 6.18 Å². The fraction of sp³-hybridized carbons (Fsp3) is 0.167. The third kappa shape index (κ3) is 3.26.